The Morgan fingerprint density at radius 2 is 0.956 bits per heavy atom. The molecule has 0 saturated carbocycles. The van der Waals surface area contributed by atoms with Gasteiger partial charge in [0, 0.05) is 51.6 Å². The number of nitrogens with zero attached hydrogens (tertiary/aromatic N) is 4. The number of aromatic nitrogens is 4. The second-order valence-electron chi connectivity index (χ2n) is 11.1. The Hall–Kier alpha value is -6.20. The zero-order chi connectivity index (χ0) is 29.7. The van der Waals surface area contributed by atoms with Crippen LogP contribution in [0.25, 0.3) is 66.4 Å². The summed E-state index contributed by atoms with van der Waals surface area (Å²) in [5, 5.41) is 4.66. The molecular weight excluding hydrogens is 552 g/mol. The molecule has 0 aliphatic carbocycles. The lowest BCUT2D eigenvalue weighted by molar-refractivity contribution is 0.484. The summed E-state index contributed by atoms with van der Waals surface area (Å²) < 4.78 is 11.0. The highest BCUT2D eigenvalue weighted by atomic mass is 16.5. The highest BCUT2D eigenvalue weighted by molar-refractivity contribution is 6.10. The predicted octanol–water partition coefficient (Wildman–Crippen LogP) is 10.1. The van der Waals surface area contributed by atoms with E-state index in [1.54, 1.807) is 0 Å². The number of pyridine rings is 2. The van der Waals surface area contributed by atoms with Gasteiger partial charge < -0.3 is 4.74 Å². The lowest BCUT2D eigenvalue weighted by atomic mass is 10.1. The Balaban J connectivity index is 1.16. The Morgan fingerprint density at radius 1 is 0.400 bits per heavy atom. The van der Waals surface area contributed by atoms with Gasteiger partial charge in [-0.05, 0) is 66.2 Å². The van der Waals surface area contributed by atoms with Gasteiger partial charge in [0.2, 0.25) is 0 Å². The minimum Gasteiger partial charge on any atom is -0.457 e. The van der Waals surface area contributed by atoms with Gasteiger partial charge >= 0.3 is 0 Å². The van der Waals surface area contributed by atoms with Gasteiger partial charge in [-0.25, -0.2) is 9.97 Å². The molecule has 9 rings (SSSR count). The fourth-order valence-electron chi connectivity index (χ4n) is 6.46. The van der Waals surface area contributed by atoms with Crippen LogP contribution in [0.5, 0.6) is 11.5 Å². The summed E-state index contributed by atoms with van der Waals surface area (Å²) >= 11 is 0. The molecule has 0 atom stereocenters. The normalized spacial score (nSPS) is 11.6. The van der Waals surface area contributed by atoms with E-state index in [2.05, 4.69) is 111 Å². The third-order valence-corrected chi connectivity index (χ3v) is 8.49. The third-order valence-electron chi connectivity index (χ3n) is 8.49. The molecular formula is C40H26N4O. The second-order valence-corrected chi connectivity index (χ2v) is 11.1. The molecule has 0 radical (unpaired) electrons. The quantitative estimate of drug-likeness (QED) is 0.204. The number of benzene rings is 5. The summed E-state index contributed by atoms with van der Waals surface area (Å²) in [4.78, 5) is 9.58. The molecule has 0 fully saturated rings. The molecule has 45 heavy (non-hydrogen) atoms. The maximum absolute atomic E-state index is 6.58. The lowest BCUT2D eigenvalue weighted by Gasteiger charge is -2.11. The van der Waals surface area contributed by atoms with Crippen LogP contribution in [-0.2, 0) is 0 Å². The van der Waals surface area contributed by atoms with Crippen LogP contribution in [0.2, 0.25) is 0 Å². The van der Waals surface area contributed by atoms with Crippen molar-refractivity contribution in [3.63, 3.8) is 0 Å². The SMILES string of the molecule is c1ccc(-c2ccc(-n3c4ccccc4c4ccc(Oc5ccc6c7ccccc7n(-c7ccccn7)c6c5)cc43)nc2)cc1. The number of rotatable bonds is 5. The average Bonchev–Trinajstić information content (AvgIpc) is 3.61. The van der Waals surface area contributed by atoms with E-state index in [1.165, 1.54) is 10.8 Å². The van der Waals surface area contributed by atoms with Crippen molar-refractivity contribution in [3.8, 4) is 34.3 Å². The van der Waals surface area contributed by atoms with Crippen molar-refractivity contribution in [2.24, 2.45) is 0 Å². The molecule has 9 aromatic rings. The molecule has 4 heterocycles. The molecule has 0 spiro atoms. The third kappa shape index (κ3) is 4.17. The molecule has 4 aromatic heterocycles. The number of hydrogen-bond acceptors (Lipinski definition) is 3. The summed E-state index contributed by atoms with van der Waals surface area (Å²) in [6, 6.07) is 50.0. The van der Waals surface area contributed by atoms with E-state index >= 15 is 0 Å². The largest absolute Gasteiger partial charge is 0.457 e. The highest BCUT2D eigenvalue weighted by Gasteiger charge is 2.16. The number of fused-ring (bicyclic) bond motifs is 6. The molecule has 0 aliphatic rings. The first-order valence-electron chi connectivity index (χ1n) is 15.0. The van der Waals surface area contributed by atoms with Crippen molar-refractivity contribution in [1.82, 2.24) is 19.1 Å². The highest BCUT2D eigenvalue weighted by Crippen LogP contribution is 2.37. The molecule has 0 unspecified atom stereocenters. The van der Waals surface area contributed by atoms with Crippen LogP contribution >= 0.6 is 0 Å². The van der Waals surface area contributed by atoms with E-state index in [4.69, 9.17) is 9.72 Å². The molecule has 0 amide bonds. The summed E-state index contributed by atoms with van der Waals surface area (Å²) in [7, 11) is 0. The van der Waals surface area contributed by atoms with Crippen molar-refractivity contribution in [3.05, 3.63) is 158 Å². The molecule has 5 nitrogen and oxygen atoms in total. The monoisotopic (exact) mass is 578 g/mol. The van der Waals surface area contributed by atoms with Crippen molar-refractivity contribution in [2.45, 2.75) is 0 Å². The Kier molecular flexibility index (Phi) is 5.74. The van der Waals surface area contributed by atoms with E-state index in [-0.39, 0.29) is 0 Å². The smallest absolute Gasteiger partial charge is 0.137 e. The molecule has 0 N–H and O–H groups in total. The second kappa shape index (κ2) is 10.2. The standard InChI is InChI=1S/C40H26N4O/c1-2-10-27(11-3-1)28-17-22-40(42-26-28)44-36-15-7-5-13-32(36)34-21-19-30(25-38(34)44)45-29-18-20-33-31-12-4-6-14-35(31)43(37(33)24-29)39-16-8-9-23-41-39/h1-26H. The fourth-order valence-corrected chi connectivity index (χ4v) is 6.46. The summed E-state index contributed by atoms with van der Waals surface area (Å²) in [5.74, 6) is 3.25. The fraction of sp³-hybridized carbons (Fsp3) is 0. The van der Waals surface area contributed by atoms with Crippen molar-refractivity contribution in [2.75, 3.05) is 0 Å². The Morgan fingerprint density at radius 3 is 1.53 bits per heavy atom. The maximum atomic E-state index is 6.58. The van der Waals surface area contributed by atoms with E-state index in [0.29, 0.717) is 0 Å². The van der Waals surface area contributed by atoms with Crippen molar-refractivity contribution in [1.29, 1.82) is 0 Å². The first kappa shape index (κ1) is 25.3. The first-order chi connectivity index (χ1) is 22.3. The molecule has 5 aromatic carbocycles. The summed E-state index contributed by atoms with van der Waals surface area (Å²) in [6.45, 7) is 0. The van der Waals surface area contributed by atoms with E-state index in [0.717, 1.165) is 67.1 Å². The lowest BCUT2D eigenvalue weighted by Crippen LogP contribution is -1.97. The molecule has 0 aliphatic heterocycles. The van der Waals surface area contributed by atoms with Crippen LogP contribution in [-0.4, -0.2) is 19.1 Å². The van der Waals surface area contributed by atoms with Gasteiger partial charge in [-0.2, -0.15) is 0 Å². The van der Waals surface area contributed by atoms with E-state index < -0.39 is 0 Å². The average molecular weight is 579 g/mol. The van der Waals surface area contributed by atoms with Gasteiger partial charge in [-0.1, -0.05) is 72.8 Å². The maximum Gasteiger partial charge on any atom is 0.137 e. The number of hydrogen-bond donors (Lipinski definition) is 0. The zero-order valence-corrected chi connectivity index (χ0v) is 24.2. The van der Waals surface area contributed by atoms with Gasteiger partial charge in [0.1, 0.15) is 23.1 Å². The zero-order valence-electron chi connectivity index (χ0n) is 24.2. The van der Waals surface area contributed by atoms with Gasteiger partial charge in [0.15, 0.2) is 0 Å². The van der Waals surface area contributed by atoms with Crippen LogP contribution in [0.4, 0.5) is 0 Å². The van der Waals surface area contributed by atoms with Crippen LogP contribution in [0.3, 0.4) is 0 Å². The minimum absolute atomic E-state index is 0.757. The summed E-state index contributed by atoms with van der Waals surface area (Å²) in [6.07, 6.45) is 3.77. The number of ether oxygens (including phenoxy) is 1. The predicted molar refractivity (Wildman–Crippen MR) is 183 cm³/mol. The van der Waals surface area contributed by atoms with Crippen molar-refractivity contribution < 1.29 is 4.74 Å². The van der Waals surface area contributed by atoms with Crippen LogP contribution in [0.1, 0.15) is 0 Å². The Labute approximate surface area is 259 Å². The molecule has 0 saturated heterocycles. The van der Waals surface area contributed by atoms with Crippen molar-refractivity contribution >= 4 is 43.6 Å². The van der Waals surface area contributed by atoms with Crippen LogP contribution in [0.15, 0.2) is 158 Å². The minimum atomic E-state index is 0.757. The Bertz CT molecular complexity index is 2500. The molecule has 5 heteroatoms. The summed E-state index contributed by atoms with van der Waals surface area (Å²) in [5.41, 5.74) is 6.53. The molecule has 212 valence electrons. The van der Waals surface area contributed by atoms with Gasteiger partial charge in [-0.15, -0.1) is 0 Å². The van der Waals surface area contributed by atoms with E-state index in [9.17, 15) is 0 Å². The van der Waals surface area contributed by atoms with Crippen LogP contribution < -0.4 is 4.74 Å². The first-order valence-corrected chi connectivity index (χ1v) is 15.0. The van der Waals surface area contributed by atoms with Crippen LogP contribution in [0, 0.1) is 0 Å². The van der Waals surface area contributed by atoms with Gasteiger partial charge in [-0.3, -0.25) is 9.13 Å². The molecule has 0 bridgehead atoms. The van der Waals surface area contributed by atoms with E-state index in [1.807, 2.05) is 60.9 Å². The van der Waals surface area contributed by atoms with Gasteiger partial charge in [0.05, 0.1) is 22.1 Å². The number of para-hydroxylation sites is 2. The topological polar surface area (TPSA) is 44.9 Å². The van der Waals surface area contributed by atoms with Gasteiger partial charge in [0.25, 0.3) is 0 Å².